The third-order valence-corrected chi connectivity index (χ3v) is 7.81. The smallest absolute Gasteiger partial charge is 0.416 e. The highest BCUT2D eigenvalue weighted by Crippen LogP contribution is 2.34. The van der Waals surface area contributed by atoms with Crippen molar-refractivity contribution in [1.29, 1.82) is 0 Å². The minimum Gasteiger partial charge on any atom is -0.456 e. The molecule has 0 aliphatic carbocycles. The number of hydrogen-bond donors (Lipinski definition) is 1. The second kappa shape index (κ2) is 9.53. The number of benzene rings is 4. The molecule has 1 aromatic heterocycles. The van der Waals surface area contributed by atoms with Gasteiger partial charge in [-0.05, 0) is 55.5 Å². The fourth-order valence-corrected chi connectivity index (χ4v) is 5.54. The van der Waals surface area contributed by atoms with Gasteiger partial charge in [0.25, 0.3) is 10.0 Å². The van der Waals surface area contributed by atoms with Crippen LogP contribution < -0.4 is 9.62 Å². The van der Waals surface area contributed by atoms with E-state index in [1.165, 1.54) is 18.2 Å². The monoisotopic (exact) mass is 538 g/mol. The Morgan fingerprint density at radius 1 is 0.868 bits per heavy atom. The van der Waals surface area contributed by atoms with E-state index in [1.807, 2.05) is 24.3 Å². The maximum absolute atomic E-state index is 13.5. The third kappa shape index (κ3) is 4.95. The number of rotatable bonds is 6. The summed E-state index contributed by atoms with van der Waals surface area (Å²) in [6.45, 7) is 1.02. The van der Waals surface area contributed by atoms with Crippen molar-refractivity contribution >= 4 is 49.2 Å². The molecule has 1 N–H and O–H groups in total. The highest BCUT2D eigenvalue weighted by atomic mass is 32.2. The number of nitrogens with zero attached hydrogens (tertiary/aromatic N) is 1. The zero-order valence-electron chi connectivity index (χ0n) is 20.0. The second-order valence-electron chi connectivity index (χ2n) is 8.73. The van der Waals surface area contributed by atoms with E-state index in [0.29, 0.717) is 27.2 Å². The van der Waals surface area contributed by atoms with Crippen molar-refractivity contribution in [1.82, 2.24) is 0 Å². The first kappa shape index (κ1) is 25.3. The standard InChI is InChI=1S/C28H21F3N2O4S/c1-18-9-12-22(13-10-18)38(35,36)33(21-6-4-5-19(15-21)28(29,30)31)17-27(34)32-20-11-14-24-23-7-2-3-8-25(23)37-26(24)16-20/h2-16H,17H2,1H3,(H,32,34). The molecule has 5 aromatic rings. The van der Waals surface area contributed by atoms with E-state index in [2.05, 4.69) is 5.32 Å². The SMILES string of the molecule is Cc1ccc(S(=O)(=O)N(CC(=O)Nc2ccc3c(c2)oc2ccccc23)c2cccc(C(F)(F)F)c2)cc1. The van der Waals surface area contributed by atoms with Crippen LogP contribution in [0.5, 0.6) is 0 Å². The minimum atomic E-state index is -4.69. The second-order valence-corrected chi connectivity index (χ2v) is 10.6. The lowest BCUT2D eigenvalue weighted by molar-refractivity contribution is -0.137. The molecule has 38 heavy (non-hydrogen) atoms. The van der Waals surface area contributed by atoms with Crippen molar-refractivity contribution in [3.8, 4) is 0 Å². The molecule has 194 valence electrons. The van der Waals surface area contributed by atoms with Gasteiger partial charge in [-0.3, -0.25) is 9.10 Å². The van der Waals surface area contributed by atoms with Crippen LogP contribution in [-0.2, 0) is 21.0 Å². The Labute approximate surface area is 216 Å². The molecule has 0 aliphatic heterocycles. The molecule has 0 radical (unpaired) electrons. The van der Waals surface area contributed by atoms with E-state index in [0.717, 1.165) is 28.5 Å². The number of sulfonamides is 1. The average Bonchev–Trinajstić information content (AvgIpc) is 3.25. The summed E-state index contributed by atoms with van der Waals surface area (Å²) in [5.74, 6) is -0.742. The minimum absolute atomic E-state index is 0.156. The number of nitrogens with one attached hydrogen (secondary N) is 1. The van der Waals surface area contributed by atoms with E-state index >= 15 is 0 Å². The normalized spacial score (nSPS) is 12.1. The Kier molecular flexibility index (Phi) is 6.36. The fourth-order valence-electron chi connectivity index (χ4n) is 4.12. The van der Waals surface area contributed by atoms with Gasteiger partial charge in [0.1, 0.15) is 17.7 Å². The first-order chi connectivity index (χ1) is 18.0. The van der Waals surface area contributed by atoms with Gasteiger partial charge in [-0.25, -0.2) is 8.42 Å². The van der Waals surface area contributed by atoms with Crippen molar-refractivity contribution in [3.63, 3.8) is 0 Å². The van der Waals surface area contributed by atoms with Gasteiger partial charge in [0, 0.05) is 22.5 Å². The van der Waals surface area contributed by atoms with E-state index in [4.69, 9.17) is 4.42 Å². The zero-order valence-corrected chi connectivity index (χ0v) is 20.8. The van der Waals surface area contributed by atoms with E-state index < -0.39 is 34.2 Å². The van der Waals surface area contributed by atoms with Crippen molar-refractivity contribution < 1.29 is 30.8 Å². The molecule has 0 atom stereocenters. The number of furan rings is 1. The molecule has 6 nitrogen and oxygen atoms in total. The number of para-hydroxylation sites is 1. The summed E-state index contributed by atoms with van der Waals surface area (Å²) in [7, 11) is -4.39. The molecule has 1 heterocycles. The Hall–Kier alpha value is -4.31. The van der Waals surface area contributed by atoms with Crippen molar-refractivity contribution in [2.24, 2.45) is 0 Å². The van der Waals surface area contributed by atoms with Crippen LogP contribution in [0, 0.1) is 6.92 Å². The lowest BCUT2D eigenvalue weighted by atomic mass is 10.1. The summed E-state index contributed by atoms with van der Waals surface area (Å²) in [6, 6.07) is 22.1. The first-order valence-corrected chi connectivity index (χ1v) is 12.9. The molecule has 0 aliphatic rings. The zero-order chi connectivity index (χ0) is 27.1. The van der Waals surface area contributed by atoms with Crippen LogP contribution >= 0.6 is 0 Å². The Morgan fingerprint density at radius 2 is 1.58 bits per heavy atom. The molecule has 1 amide bonds. The number of halogens is 3. The van der Waals surface area contributed by atoms with Crippen molar-refractivity contribution in [2.45, 2.75) is 18.0 Å². The number of fused-ring (bicyclic) bond motifs is 3. The molecule has 0 bridgehead atoms. The number of anilines is 2. The summed E-state index contributed by atoms with van der Waals surface area (Å²) < 4.78 is 73.7. The molecule has 5 rings (SSSR count). The van der Waals surface area contributed by atoms with Crippen LogP contribution in [0.1, 0.15) is 11.1 Å². The van der Waals surface area contributed by atoms with Gasteiger partial charge in [0.2, 0.25) is 5.91 Å². The lowest BCUT2D eigenvalue weighted by Gasteiger charge is -2.25. The summed E-state index contributed by atoms with van der Waals surface area (Å²) >= 11 is 0. The van der Waals surface area contributed by atoms with E-state index in [1.54, 1.807) is 37.3 Å². The van der Waals surface area contributed by atoms with Gasteiger partial charge in [0.05, 0.1) is 16.1 Å². The Balaban J connectivity index is 1.48. The van der Waals surface area contributed by atoms with Gasteiger partial charge in [-0.15, -0.1) is 0 Å². The summed E-state index contributed by atoms with van der Waals surface area (Å²) in [5, 5.41) is 4.37. The molecule has 4 aromatic carbocycles. The van der Waals surface area contributed by atoms with Crippen LogP contribution in [0.2, 0.25) is 0 Å². The summed E-state index contributed by atoms with van der Waals surface area (Å²) in [6.07, 6.45) is -4.69. The predicted molar refractivity (Wildman–Crippen MR) is 140 cm³/mol. The number of carbonyl (C=O) groups excluding carboxylic acids is 1. The first-order valence-electron chi connectivity index (χ1n) is 11.5. The van der Waals surface area contributed by atoms with E-state index in [9.17, 15) is 26.4 Å². The molecule has 0 spiro atoms. The molecule has 10 heteroatoms. The van der Waals surface area contributed by atoms with Gasteiger partial charge >= 0.3 is 6.18 Å². The highest BCUT2D eigenvalue weighted by Gasteiger charge is 2.33. The number of aryl methyl sites for hydroxylation is 1. The molecule has 0 fully saturated rings. The number of alkyl halides is 3. The van der Waals surface area contributed by atoms with Crippen LogP contribution in [0.25, 0.3) is 21.9 Å². The van der Waals surface area contributed by atoms with Crippen LogP contribution in [0.3, 0.4) is 0 Å². The van der Waals surface area contributed by atoms with Crippen molar-refractivity contribution in [2.75, 3.05) is 16.2 Å². The van der Waals surface area contributed by atoms with Gasteiger partial charge in [-0.1, -0.05) is 42.0 Å². The molecular weight excluding hydrogens is 517 g/mol. The van der Waals surface area contributed by atoms with Gasteiger partial charge in [0.15, 0.2) is 0 Å². The van der Waals surface area contributed by atoms with Crippen LogP contribution in [0.4, 0.5) is 24.5 Å². The fraction of sp³-hybridized carbons (Fsp3) is 0.107. The maximum Gasteiger partial charge on any atom is 0.416 e. The lowest BCUT2D eigenvalue weighted by Crippen LogP contribution is -2.38. The third-order valence-electron chi connectivity index (χ3n) is 6.02. The van der Waals surface area contributed by atoms with Crippen LogP contribution in [0.15, 0.2) is 100 Å². The quantitative estimate of drug-likeness (QED) is 0.260. The van der Waals surface area contributed by atoms with Crippen molar-refractivity contribution in [3.05, 3.63) is 102 Å². The van der Waals surface area contributed by atoms with E-state index in [-0.39, 0.29) is 10.6 Å². The van der Waals surface area contributed by atoms with Gasteiger partial charge < -0.3 is 9.73 Å². The highest BCUT2D eigenvalue weighted by molar-refractivity contribution is 7.92. The Bertz CT molecular complexity index is 1760. The predicted octanol–water partition coefficient (Wildman–Crippen LogP) is 6.75. The molecular formula is C28H21F3N2O4S. The topological polar surface area (TPSA) is 79.6 Å². The van der Waals surface area contributed by atoms with Gasteiger partial charge in [-0.2, -0.15) is 13.2 Å². The molecule has 0 saturated carbocycles. The molecule has 0 saturated heterocycles. The van der Waals surface area contributed by atoms with Crippen LogP contribution in [-0.4, -0.2) is 20.9 Å². The number of amides is 1. The summed E-state index contributed by atoms with van der Waals surface area (Å²) in [5.41, 5.74) is 1.02. The Morgan fingerprint density at radius 3 is 2.32 bits per heavy atom. The molecule has 0 unspecified atom stereocenters. The number of hydrogen-bond acceptors (Lipinski definition) is 4. The maximum atomic E-state index is 13.5. The average molecular weight is 539 g/mol. The largest absolute Gasteiger partial charge is 0.456 e. The number of carbonyl (C=O) groups is 1. The summed E-state index contributed by atoms with van der Waals surface area (Å²) in [4.78, 5) is 12.9.